The average Bonchev–Trinajstić information content (AvgIpc) is 2.91. The van der Waals surface area contributed by atoms with Gasteiger partial charge in [-0.15, -0.1) is 0 Å². The number of nitro groups is 1. The van der Waals surface area contributed by atoms with E-state index in [9.17, 15) is 14.9 Å². The zero-order valence-corrected chi connectivity index (χ0v) is 12.2. The number of carbonyl (C=O) groups is 1. The zero-order chi connectivity index (χ0) is 15.6. The van der Waals surface area contributed by atoms with Crippen molar-refractivity contribution in [3.05, 3.63) is 63.1 Å². The first kappa shape index (κ1) is 15.1. The Balaban J connectivity index is 2.22. The fourth-order valence-electron chi connectivity index (χ4n) is 1.90. The number of hydrogen-bond donors (Lipinski definition) is 0. The van der Waals surface area contributed by atoms with Gasteiger partial charge in [0, 0.05) is 19.2 Å². The van der Waals surface area contributed by atoms with Crippen molar-refractivity contribution >= 4 is 23.2 Å². The van der Waals surface area contributed by atoms with Crippen LogP contribution in [0.15, 0.2) is 40.8 Å². The summed E-state index contributed by atoms with van der Waals surface area (Å²) >= 11 is 5.65. The van der Waals surface area contributed by atoms with Gasteiger partial charge < -0.3 is 9.32 Å². The first-order valence-electron chi connectivity index (χ1n) is 6.17. The molecule has 0 aliphatic rings. The van der Waals surface area contributed by atoms with Gasteiger partial charge in [0.05, 0.1) is 11.0 Å². The summed E-state index contributed by atoms with van der Waals surface area (Å²) in [7, 11) is 1.60. The first-order valence-corrected chi connectivity index (χ1v) is 6.55. The molecule has 1 amide bonds. The van der Waals surface area contributed by atoms with E-state index in [0.717, 1.165) is 0 Å². The monoisotopic (exact) mass is 308 g/mol. The van der Waals surface area contributed by atoms with Crippen LogP contribution in [-0.4, -0.2) is 22.8 Å². The Bertz CT molecular complexity index is 683. The number of amides is 1. The fraction of sp³-hybridized carbons (Fsp3) is 0.214. The lowest BCUT2D eigenvalue weighted by atomic mass is 10.1. The third-order valence-corrected chi connectivity index (χ3v) is 3.45. The topological polar surface area (TPSA) is 76.6 Å². The van der Waals surface area contributed by atoms with Crippen molar-refractivity contribution in [3.63, 3.8) is 0 Å². The maximum absolute atomic E-state index is 12.2. The number of hydrogen-bond acceptors (Lipinski definition) is 4. The van der Waals surface area contributed by atoms with Gasteiger partial charge in [0.15, 0.2) is 11.0 Å². The van der Waals surface area contributed by atoms with Crippen molar-refractivity contribution in [2.45, 2.75) is 13.0 Å². The average molecular weight is 309 g/mol. The van der Waals surface area contributed by atoms with E-state index in [1.54, 1.807) is 26.1 Å². The highest BCUT2D eigenvalue weighted by Gasteiger charge is 2.22. The highest BCUT2D eigenvalue weighted by atomic mass is 35.5. The molecule has 1 aromatic carbocycles. The molecule has 1 atom stereocenters. The Labute approximate surface area is 126 Å². The van der Waals surface area contributed by atoms with Crippen LogP contribution in [0.2, 0.25) is 5.22 Å². The van der Waals surface area contributed by atoms with Crippen LogP contribution in [-0.2, 0) is 0 Å². The number of halogens is 1. The number of nitro benzene ring substituents is 1. The Hall–Kier alpha value is -2.34. The SMILES string of the molecule is CC(c1cccc([N+](=O)[O-])c1)N(C)C(=O)c1ccc(Cl)o1. The van der Waals surface area contributed by atoms with Crippen LogP contribution < -0.4 is 0 Å². The Kier molecular flexibility index (Phi) is 4.28. The number of rotatable bonds is 4. The molecule has 7 heteroatoms. The van der Waals surface area contributed by atoms with Gasteiger partial charge in [-0.05, 0) is 36.2 Å². The first-order chi connectivity index (χ1) is 9.90. The minimum atomic E-state index is -0.468. The van der Waals surface area contributed by atoms with Crippen molar-refractivity contribution in [3.8, 4) is 0 Å². The second-order valence-electron chi connectivity index (χ2n) is 4.55. The molecular formula is C14H13ClN2O4. The lowest BCUT2D eigenvalue weighted by Crippen LogP contribution is -2.29. The van der Waals surface area contributed by atoms with Crippen LogP contribution in [0.25, 0.3) is 0 Å². The molecule has 1 aromatic heterocycles. The van der Waals surface area contributed by atoms with Gasteiger partial charge >= 0.3 is 0 Å². The molecule has 1 heterocycles. The fourth-order valence-corrected chi connectivity index (χ4v) is 2.05. The molecule has 2 rings (SSSR count). The van der Waals surface area contributed by atoms with Gasteiger partial charge in [-0.25, -0.2) is 0 Å². The van der Waals surface area contributed by atoms with E-state index in [4.69, 9.17) is 16.0 Å². The summed E-state index contributed by atoms with van der Waals surface area (Å²) < 4.78 is 5.08. The highest BCUT2D eigenvalue weighted by molar-refractivity contribution is 6.29. The second kappa shape index (κ2) is 5.97. The molecular weight excluding hydrogens is 296 g/mol. The smallest absolute Gasteiger partial charge is 0.289 e. The quantitative estimate of drug-likeness (QED) is 0.637. The van der Waals surface area contributed by atoms with Crippen LogP contribution >= 0.6 is 11.6 Å². The number of furan rings is 1. The van der Waals surface area contributed by atoms with Crippen molar-refractivity contribution < 1.29 is 14.1 Å². The minimum Gasteiger partial charge on any atom is -0.440 e. The summed E-state index contributed by atoms with van der Waals surface area (Å²) in [6.07, 6.45) is 0. The van der Waals surface area contributed by atoms with E-state index in [-0.39, 0.29) is 28.6 Å². The van der Waals surface area contributed by atoms with Crippen LogP contribution in [0, 0.1) is 10.1 Å². The maximum Gasteiger partial charge on any atom is 0.289 e. The summed E-state index contributed by atoms with van der Waals surface area (Å²) in [5, 5.41) is 10.9. The van der Waals surface area contributed by atoms with Gasteiger partial charge in [0.25, 0.3) is 11.6 Å². The standard InChI is InChI=1S/C14H13ClN2O4/c1-9(10-4-3-5-11(8-10)17(19)20)16(2)14(18)12-6-7-13(15)21-12/h3-9H,1-2H3. The van der Waals surface area contributed by atoms with Crippen molar-refractivity contribution in [1.82, 2.24) is 4.90 Å². The van der Waals surface area contributed by atoms with Gasteiger partial charge in [-0.3, -0.25) is 14.9 Å². The third kappa shape index (κ3) is 3.22. The predicted molar refractivity (Wildman–Crippen MR) is 77.3 cm³/mol. The molecule has 0 bridgehead atoms. The Morgan fingerprint density at radius 1 is 1.38 bits per heavy atom. The largest absolute Gasteiger partial charge is 0.440 e. The predicted octanol–water partition coefficient (Wildman–Crippen LogP) is 3.67. The lowest BCUT2D eigenvalue weighted by Gasteiger charge is -2.24. The van der Waals surface area contributed by atoms with Gasteiger partial charge in [-0.2, -0.15) is 0 Å². The number of carbonyl (C=O) groups excluding carboxylic acids is 1. The Morgan fingerprint density at radius 3 is 2.67 bits per heavy atom. The van der Waals surface area contributed by atoms with E-state index in [1.807, 2.05) is 0 Å². The molecule has 0 radical (unpaired) electrons. The summed E-state index contributed by atoms with van der Waals surface area (Å²) in [4.78, 5) is 24.0. The normalized spacial score (nSPS) is 12.0. The summed E-state index contributed by atoms with van der Waals surface area (Å²) in [5.74, 6) is -0.222. The van der Waals surface area contributed by atoms with Gasteiger partial charge in [0.1, 0.15) is 0 Å². The molecule has 21 heavy (non-hydrogen) atoms. The molecule has 110 valence electrons. The van der Waals surface area contributed by atoms with E-state index >= 15 is 0 Å². The molecule has 0 N–H and O–H groups in total. The molecule has 0 aliphatic carbocycles. The molecule has 0 aliphatic heterocycles. The van der Waals surface area contributed by atoms with Crippen LogP contribution in [0.1, 0.15) is 29.1 Å². The third-order valence-electron chi connectivity index (χ3n) is 3.25. The van der Waals surface area contributed by atoms with Crippen molar-refractivity contribution in [2.24, 2.45) is 0 Å². The van der Waals surface area contributed by atoms with E-state index in [2.05, 4.69) is 0 Å². The maximum atomic E-state index is 12.2. The number of nitrogens with zero attached hydrogens (tertiary/aromatic N) is 2. The van der Waals surface area contributed by atoms with Gasteiger partial charge in [-0.1, -0.05) is 12.1 Å². The van der Waals surface area contributed by atoms with Crippen LogP contribution in [0.4, 0.5) is 5.69 Å². The summed E-state index contributed by atoms with van der Waals surface area (Å²) in [5.41, 5.74) is 0.652. The molecule has 1 unspecified atom stereocenters. The van der Waals surface area contributed by atoms with E-state index in [0.29, 0.717) is 5.56 Å². The summed E-state index contributed by atoms with van der Waals surface area (Å²) in [6.45, 7) is 1.78. The highest BCUT2D eigenvalue weighted by Crippen LogP contribution is 2.25. The number of non-ortho nitro benzene ring substituents is 1. The van der Waals surface area contributed by atoms with Crippen LogP contribution in [0.3, 0.4) is 0 Å². The summed E-state index contributed by atoms with van der Waals surface area (Å²) in [6, 6.07) is 8.81. The van der Waals surface area contributed by atoms with Crippen molar-refractivity contribution in [2.75, 3.05) is 7.05 Å². The minimum absolute atomic E-state index is 0.0127. The Morgan fingerprint density at radius 2 is 2.10 bits per heavy atom. The van der Waals surface area contributed by atoms with E-state index < -0.39 is 4.92 Å². The number of benzene rings is 1. The molecule has 0 saturated heterocycles. The van der Waals surface area contributed by atoms with Crippen LogP contribution in [0.5, 0.6) is 0 Å². The second-order valence-corrected chi connectivity index (χ2v) is 4.92. The lowest BCUT2D eigenvalue weighted by molar-refractivity contribution is -0.384. The van der Waals surface area contributed by atoms with Crippen molar-refractivity contribution in [1.29, 1.82) is 0 Å². The molecule has 0 saturated carbocycles. The van der Waals surface area contributed by atoms with Gasteiger partial charge in [0.2, 0.25) is 0 Å². The molecule has 0 fully saturated rings. The molecule has 2 aromatic rings. The van der Waals surface area contributed by atoms with E-state index in [1.165, 1.54) is 29.2 Å². The molecule has 0 spiro atoms. The molecule has 6 nitrogen and oxygen atoms in total. The zero-order valence-electron chi connectivity index (χ0n) is 11.4.